The Morgan fingerprint density at radius 3 is 3.07 bits per heavy atom. The number of hydrogen-bond donors (Lipinski definition) is 1. The third-order valence-electron chi connectivity index (χ3n) is 2.25. The van der Waals surface area contributed by atoms with Gasteiger partial charge in [-0.15, -0.1) is 0 Å². The molecule has 14 heavy (non-hydrogen) atoms. The summed E-state index contributed by atoms with van der Waals surface area (Å²) in [7, 11) is 0. The fourth-order valence-corrected chi connectivity index (χ4v) is 1.52. The number of fused-ring (bicyclic) bond motifs is 1. The van der Waals surface area contributed by atoms with Crippen LogP contribution >= 0.6 is 0 Å². The van der Waals surface area contributed by atoms with Crippen molar-refractivity contribution in [1.82, 2.24) is 4.98 Å². The molecule has 0 saturated carbocycles. The lowest BCUT2D eigenvalue weighted by molar-refractivity contribution is 0.722. The van der Waals surface area contributed by atoms with Gasteiger partial charge in [-0.2, -0.15) is 10.5 Å². The van der Waals surface area contributed by atoms with Gasteiger partial charge in [0.05, 0.1) is 23.0 Å². The van der Waals surface area contributed by atoms with Crippen molar-refractivity contribution in [1.29, 1.82) is 10.5 Å². The predicted octanol–water partition coefficient (Wildman–Crippen LogP) is 1.20. The number of nitriles is 2. The summed E-state index contributed by atoms with van der Waals surface area (Å²) >= 11 is 0. The topological polar surface area (TPSA) is 72.5 Å². The van der Waals surface area contributed by atoms with Crippen molar-refractivity contribution in [2.75, 3.05) is 5.32 Å². The Hall–Kier alpha value is -2.07. The van der Waals surface area contributed by atoms with Gasteiger partial charge >= 0.3 is 0 Å². The highest BCUT2D eigenvalue weighted by Gasteiger charge is 2.17. The van der Waals surface area contributed by atoms with E-state index in [1.807, 2.05) is 6.07 Å². The smallest absolute Gasteiger partial charge is 0.114 e. The summed E-state index contributed by atoms with van der Waals surface area (Å²) in [4.78, 5) is 4.16. The van der Waals surface area contributed by atoms with E-state index in [9.17, 15) is 0 Å². The van der Waals surface area contributed by atoms with Crippen LogP contribution in [0.3, 0.4) is 0 Å². The first-order valence-corrected chi connectivity index (χ1v) is 4.38. The van der Waals surface area contributed by atoms with Gasteiger partial charge in [0.25, 0.3) is 0 Å². The first-order valence-electron chi connectivity index (χ1n) is 4.38. The monoisotopic (exact) mass is 184 g/mol. The molecular weight excluding hydrogens is 176 g/mol. The lowest BCUT2D eigenvalue weighted by atomic mass is 10.0. The molecule has 0 bridgehead atoms. The van der Waals surface area contributed by atoms with Crippen LogP contribution in [0.15, 0.2) is 12.3 Å². The number of pyridine rings is 1. The minimum Gasteiger partial charge on any atom is -0.368 e. The van der Waals surface area contributed by atoms with E-state index in [1.54, 1.807) is 12.3 Å². The molecular formula is C10H8N4. The molecule has 4 heteroatoms. The molecule has 1 unspecified atom stereocenters. The highest BCUT2D eigenvalue weighted by molar-refractivity contribution is 5.55. The van der Waals surface area contributed by atoms with E-state index in [1.165, 1.54) is 0 Å². The first kappa shape index (κ1) is 8.52. The number of rotatable bonds is 0. The molecule has 0 amide bonds. The highest BCUT2D eigenvalue weighted by Crippen LogP contribution is 2.23. The Kier molecular flexibility index (Phi) is 2.04. The van der Waals surface area contributed by atoms with Crippen molar-refractivity contribution >= 4 is 5.69 Å². The van der Waals surface area contributed by atoms with Crippen LogP contribution in [0.5, 0.6) is 0 Å². The standard InChI is InChI=1S/C10H8N4/c11-4-7-3-10-9(13-6-7)2-1-8(5-12)14-10/h3,6,8,14H,1-2H2. The summed E-state index contributed by atoms with van der Waals surface area (Å²) in [5.41, 5.74) is 2.28. The summed E-state index contributed by atoms with van der Waals surface area (Å²) in [6, 6.07) is 5.77. The molecule has 0 aromatic carbocycles. The number of aryl methyl sites for hydroxylation is 1. The number of nitrogens with zero attached hydrogens (tertiary/aromatic N) is 3. The molecule has 1 aliphatic heterocycles. The maximum absolute atomic E-state index is 8.75. The second-order valence-electron chi connectivity index (χ2n) is 3.19. The summed E-state index contributed by atoms with van der Waals surface area (Å²) in [6.45, 7) is 0. The van der Waals surface area contributed by atoms with Crippen molar-refractivity contribution < 1.29 is 0 Å². The fraction of sp³-hybridized carbons (Fsp3) is 0.300. The van der Waals surface area contributed by atoms with Crippen LogP contribution in [0, 0.1) is 22.7 Å². The molecule has 0 saturated heterocycles. The number of nitrogens with one attached hydrogen (secondary N) is 1. The largest absolute Gasteiger partial charge is 0.368 e. The van der Waals surface area contributed by atoms with Crippen LogP contribution in [-0.2, 0) is 6.42 Å². The molecule has 4 nitrogen and oxygen atoms in total. The van der Waals surface area contributed by atoms with E-state index in [0.29, 0.717) is 5.56 Å². The molecule has 0 radical (unpaired) electrons. The van der Waals surface area contributed by atoms with Crippen molar-refractivity contribution in [2.45, 2.75) is 18.9 Å². The third-order valence-corrected chi connectivity index (χ3v) is 2.25. The van der Waals surface area contributed by atoms with Gasteiger partial charge < -0.3 is 5.32 Å². The Morgan fingerprint density at radius 1 is 1.50 bits per heavy atom. The third kappa shape index (κ3) is 1.38. The van der Waals surface area contributed by atoms with Crippen LogP contribution < -0.4 is 5.32 Å². The quantitative estimate of drug-likeness (QED) is 0.657. The average Bonchev–Trinajstić information content (AvgIpc) is 2.27. The van der Waals surface area contributed by atoms with E-state index in [-0.39, 0.29) is 6.04 Å². The van der Waals surface area contributed by atoms with Gasteiger partial charge in [0, 0.05) is 6.20 Å². The van der Waals surface area contributed by atoms with E-state index < -0.39 is 0 Å². The van der Waals surface area contributed by atoms with Crippen LogP contribution in [0.25, 0.3) is 0 Å². The van der Waals surface area contributed by atoms with E-state index >= 15 is 0 Å². The van der Waals surface area contributed by atoms with E-state index in [2.05, 4.69) is 16.4 Å². The molecule has 0 fully saturated rings. The van der Waals surface area contributed by atoms with Gasteiger partial charge in [0.15, 0.2) is 0 Å². The van der Waals surface area contributed by atoms with Crippen LogP contribution in [0.4, 0.5) is 5.69 Å². The summed E-state index contributed by atoms with van der Waals surface area (Å²) in [5.74, 6) is 0. The van der Waals surface area contributed by atoms with Crippen molar-refractivity contribution in [3.63, 3.8) is 0 Å². The number of hydrogen-bond acceptors (Lipinski definition) is 4. The normalized spacial score (nSPS) is 18.6. The van der Waals surface area contributed by atoms with Gasteiger partial charge in [0.2, 0.25) is 0 Å². The van der Waals surface area contributed by atoms with Gasteiger partial charge in [-0.1, -0.05) is 0 Å². The zero-order valence-corrected chi connectivity index (χ0v) is 7.49. The summed E-state index contributed by atoms with van der Waals surface area (Å²) in [5, 5.41) is 20.5. The molecule has 1 atom stereocenters. The SMILES string of the molecule is N#Cc1cnc2c(c1)NC(C#N)CC2. The fourth-order valence-electron chi connectivity index (χ4n) is 1.52. The van der Waals surface area contributed by atoms with E-state index in [4.69, 9.17) is 10.5 Å². The average molecular weight is 184 g/mol. The second-order valence-corrected chi connectivity index (χ2v) is 3.19. The van der Waals surface area contributed by atoms with Gasteiger partial charge in [-0.05, 0) is 18.9 Å². The molecule has 1 aromatic heterocycles. The van der Waals surface area contributed by atoms with Gasteiger partial charge in [-0.3, -0.25) is 4.98 Å². The first-order chi connectivity index (χ1) is 6.83. The second kappa shape index (κ2) is 3.35. The molecule has 2 rings (SSSR count). The van der Waals surface area contributed by atoms with Crippen molar-refractivity contribution in [2.24, 2.45) is 0 Å². The molecule has 1 aliphatic rings. The lowest BCUT2D eigenvalue weighted by Gasteiger charge is -2.21. The zero-order chi connectivity index (χ0) is 9.97. The molecule has 1 aromatic rings. The molecule has 1 N–H and O–H groups in total. The van der Waals surface area contributed by atoms with Crippen molar-refractivity contribution in [3.8, 4) is 12.1 Å². The van der Waals surface area contributed by atoms with Crippen LogP contribution in [0.1, 0.15) is 17.7 Å². The Labute approximate surface area is 81.8 Å². The number of anilines is 1. The minimum absolute atomic E-state index is 0.154. The minimum atomic E-state index is -0.154. The maximum Gasteiger partial charge on any atom is 0.114 e. The number of aromatic nitrogens is 1. The zero-order valence-electron chi connectivity index (χ0n) is 7.49. The summed E-state index contributed by atoms with van der Waals surface area (Å²) < 4.78 is 0. The van der Waals surface area contributed by atoms with E-state index in [0.717, 1.165) is 24.2 Å². The molecule has 0 aliphatic carbocycles. The Bertz CT molecular complexity index is 438. The Morgan fingerprint density at radius 2 is 2.36 bits per heavy atom. The van der Waals surface area contributed by atoms with Crippen molar-refractivity contribution in [3.05, 3.63) is 23.5 Å². The van der Waals surface area contributed by atoms with Crippen LogP contribution in [-0.4, -0.2) is 11.0 Å². The van der Waals surface area contributed by atoms with Gasteiger partial charge in [-0.25, -0.2) is 0 Å². The molecule has 68 valence electrons. The highest BCUT2D eigenvalue weighted by atomic mass is 15.0. The lowest BCUT2D eigenvalue weighted by Crippen LogP contribution is -2.24. The van der Waals surface area contributed by atoms with Crippen LogP contribution in [0.2, 0.25) is 0 Å². The molecule has 0 spiro atoms. The Balaban J connectivity index is 2.36. The maximum atomic E-state index is 8.75. The summed E-state index contributed by atoms with van der Waals surface area (Å²) in [6.07, 6.45) is 3.14. The molecule has 2 heterocycles. The van der Waals surface area contributed by atoms with Gasteiger partial charge in [0.1, 0.15) is 12.1 Å². The predicted molar refractivity (Wildman–Crippen MR) is 50.3 cm³/mol.